The van der Waals surface area contributed by atoms with E-state index in [9.17, 15) is 9.59 Å². The minimum absolute atomic E-state index is 0.158. The number of aromatic nitrogens is 2. The Morgan fingerprint density at radius 3 is 3.00 bits per heavy atom. The van der Waals surface area contributed by atoms with Crippen LogP contribution in [0.3, 0.4) is 0 Å². The second-order valence-electron chi connectivity index (χ2n) is 3.24. The molecule has 1 unspecified atom stereocenters. The molecule has 2 amide bonds. The number of anilines is 1. The van der Waals surface area contributed by atoms with Gasteiger partial charge in [0.05, 0.1) is 6.42 Å². The minimum Gasteiger partial charge on any atom is -0.370 e. The molecule has 6 heteroatoms. The predicted molar refractivity (Wildman–Crippen MR) is 54.5 cm³/mol. The average molecular weight is 209 g/mol. The van der Waals surface area contributed by atoms with Crippen LogP contribution in [-0.4, -0.2) is 21.8 Å². The first-order valence-corrected chi connectivity index (χ1v) is 4.51. The number of hydrogen-bond donors (Lipinski definition) is 3. The van der Waals surface area contributed by atoms with E-state index in [2.05, 4.69) is 15.3 Å². The van der Waals surface area contributed by atoms with Crippen LogP contribution in [0.25, 0.3) is 0 Å². The molecule has 1 aromatic rings. The molecule has 0 fully saturated rings. The highest BCUT2D eigenvalue weighted by Gasteiger charge is 2.12. The third kappa shape index (κ3) is 4.26. The number of amides is 2. The molecule has 81 valence electrons. The van der Waals surface area contributed by atoms with Gasteiger partial charge in [-0.25, -0.2) is 4.98 Å². The van der Waals surface area contributed by atoms with Crippen LogP contribution >= 0.6 is 0 Å². The van der Waals surface area contributed by atoms with Gasteiger partial charge in [0.2, 0.25) is 17.8 Å². The molecule has 1 aromatic heterocycles. The molecule has 1 rings (SSSR count). The molecule has 1 radical (unpaired) electrons. The van der Waals surface area contributed by atoms with Gasteiger partial charge in [0.1, 0.15) is 0 Å². The molecule has 0 aromatic carbocycles. The van der Waals surface area contributed by atoms with Gasteiger partial charge >= 0.3 is 0 Å². The van der Waals surface area contributed by atoms with E-state index >= 15 is 0 Å². The van der Waals surface area contributed by atoms with Crippen LogP contribution in [0.15, 0.2) is 12.4 Å². The number of carbonyl (C=O) groups excluding carboxylic acids is 2. The van der Waals surface area contributed by atoms with Crippen molar-refractivity contribution in [1.29, 1.82) is 0 Å². The van der Waals surface area contributed by atoms with Crippen LogP contribution in [0.1, 0.15) is 13.3 Å². The van der Waals surface area contributed by atoms with Crippen molar-refractivity contribution >= 4 is 17.8 Å². The summed E-state index contributed by atoms with van der Waals surface area (Å²) in [7, 11) is 0. The van der Waals surface area contributed by atoms with Crippen molar-refractivity contribution in [2.24, 2.45) is 11.7 Å². The van der Waals surface area contributed by atoms with Crippen molar-refractivity contribution in [1.82, 2.24) is 9.97 Å². The van der Waals surface area contributed by atoms with Crippen molar-refractivity contribution in [3.63, 3.8) is 0 Å². The van der Waals surface area contributed by atoms with Gasteiger partial charge in [0, 0.05) is 18.8 Å². The molecule has 0 spiro atoms. The fourth-order valence-electron chi connectivity index (χ4n) is 1.13. The standard InChI is InChI=1S/C9H13N4O2/c1-6(4-7(10)14)5-8(15)13-9-11-2-3-12-9/h2-3,5-6H,4H2,1H3,(H2,10,14)(H2,11,12,13,15). The van der Waals surface area contributed by atoms with Crippen LogP contribution in [0.5, 0.6) is 0 Å². The first-order valence-electron chi connectivity index (χ1n) is 4.51. The topological polar surface area (TPSA) is 101 Å². The first kappa shape index (κ1) is 11.2. The Kier molecular flexibility index (Phi) is 3.84. The van der Waals surface area contributed by atoms with E-state index in [-0.39, 0.29) is 18.2 Å². The van der Waals surface area contributed by atoms with Gasteiger partial charge < -0.3 is 10.7 Å². The number of primary amides is 1. The first-order chi connectivity index (χ1) is 7.08. The van der Waals surface area contributed by atoms with Crippen LogP contribution in [0.4, 0.5) is 5.95 Å². The lowest BCUT2D eigenvalue weighted by atomic mass is 10.0. The summed E-state index contributed by atoms with van der Waals surface area (Å²) in [6.45, 7) is 1.74. The number of carbonyl (C=O) groups is 2. The third-order valence-corrected chi connectivity index (χ3v) is 1.70. The molecule has 0 bridgehead atoms. The van der Waals surface area contributed by atoms with Crippen LogP contribution in [-0.2, 0) is 9.59 Å². The monoisotopic (exact) mass is 209 g/mol. The molecule has 1 heterocycles. The summed E-state index contributed by atoms with van der Waals surface area (Å²) in [4.78, 5) is 28.4. The Morgan fingerprint density at radius 2 is 2.47 bits per heavy atom. The highest BCUT2D eigenvalue weighted by molar-refractivity contribution is 5.96. The van der Waals surface area contributed by atoms with E-state index in [0.717, 1.165) is 0 Å². The molecule has 0 saturated heterocycles. The highest BCUT2D eigenvalue weighted by atomic mass is 16.2. The van der Waals surface area contributed by atoms with E-state index in [1.54, 1.807) is 13.1 Å². The fraction of sp³-hybridized carbons (Fsp3) is 0.333. The smallest absolute Gasteiger partial charge is 0.230 e. The Balaban J connectivity index is 2.33. The van der Waals surface area contributed by atoms with Crippen molar-refractivity contribution in [3.8, 4) is 0 Å². The largest absolute Gasteiger partial charge is 0.370 e. The summed E-state index contributed by atoms with van der Waals surface area (Å²) >= 11 is 0. The molecule has 15 heavy (non-hydrogen) atoms. The van der Waals surface area contributed by atoms with E-state index in [4.69, 9.17) is 5.73 Å². The molecule has 0 saturated carbocycles. The summed E-state index contributed by atoms with van der Waals surface area (Å²) in [5, 5.41) is 2.51. The number of nitrogens with zero attached hydrogens (tertiary/aromatic N) is 1. The summed E-state index contributed by atoms with van der Waals surface area (Å²) in [5.74, 6) is -0.539. The van der Waals surface area contributed by atoms with Crippen molar-refractivity contribution in [2.75, 3.05) is 5.32 Å². The average Bonchev–Trinajstić information content (AvgIpc) is 2.53. The summed E-state index contributed by atoms with van der Waals surface area (Å²) < 4.78 is 0. The minimum atomic E-state index is -0.426. The zero-order chi connectivity index (χ0) is 11.3. The van der Waals surface area contributed by atoms with Gasteiger partial charge in [-0.05, 0) is 5.92 Å². The summed E-state index contributed by atoms with van der Waals surface area (Å²) in [6.07, 6.45) is 4.68. The lowest BCUT2D eigenvalue weighted by Gasteiger charge is -2.07. The fourth-order valence-corrected chi connectivity index (χ4v) is 1.13. The van der Waals surface area contributed by atoms with Gasteiger partial charge in [0.15, 0.2) is 0 Å². The normalized spacial score (nSPS) is 12.1. The number of nitrogens with one attached hydrogen (secondary N) is 2. The second kappa shape index (κ2) is 5.14. The Hall–Kier alpha value is -1.85. The molecule has 0 aliphatic carbocycles. The number of imidazole rings is 1. The zero-order valence-electron chi connectivity index (χ0n) is 8.36. The van der Waals surface area contributed by atoms with Crippen LogP contribution in [0.2, 0.25) is 0 Å². The zero-order valence-corrected chi connectivity index (χ0v) is 8.36. The number of nitrogens with two attached hydrogens (primary N) is 1. The van der Waals surface area contributed by atoms with E-state index in [1.165, 1.54) is 12.6 Å². The van der Waals surface area contributed by atoms with Crippen LogP contribution < -0.4 is 11.1 Å². The van der Waals surface area contributed by atoms with Gasteiger partial charge in [0.25, 0.3) is 0 Å². The lowest BCUT2D eigenvalue weighted by molar-refractivity contribution is -0.118. The highest BCUT2D eigenvalue weighted by Crippen LogP contribution is 2.07. The van der Waals surface area contributed by atoms with Crippen molar-refractivity contribution in [2.45, 2.75) is 13.3 Å². The predicted octanol–water partition coefficient (Wildman–Crippen LogP) is 0.0640. The number of hydrogen-bond acceptors (Lipinski definition) is 3. The quantitative estimate of drug-likeness (QED) is 0.639. The Labute approximate surface area is 87.3 Å². The van der Waals surface area contributed by atoms with Crippen molar-refractivity contribution < 1.29 is 9.59 Å². The molecular formula is C9H13N4O2. The maximum atomic E-state index is 11.3. The molecule has 4 N–H and O–H groups in total. The van der Waals surface area contributed by atoms with E-state index in [0.29, 0.717) is 5.95 Å². The number of H-pyrrole nitrogens is 1. The molecule has 0 aliphatic rings. The summed E-state index contributed by atoms with van der Waals surface area (Å²) in [5.41, 5.74) is 5.00. The van der Waals surface area contributed by atoms with Gasteiger partial charge in [-0.15, -0.1) is 0 Å². The van der Waals surface area contributed by atoms with Crippen LogP contribution in [0, 0.1) is 12.3 Å². The number of rotatable bonds is 5. The maximum absolute atomic E-state index is 11.3. The van der Waals surface area contributed by atoms with Crippen molar-refractivity contribution in [3.05, 3.63) is 18.8 Å². The third-order valence-electron chi connectivity index (χ3n) is 1.70. The van der Waals surface area contributed by atoms with E-state index in [1.807, 2.05) is 0 Å². The summed E-state index contributed by atoms with van der Waals surface area (Å²) in [6, 6.07) is 0. The molecular weight excluding hydrogens is 196 g/mol. The Morgan fingerprint density at radius 1 is 1.73 bits per heavy atom. The molecule has 1 atom stereocenters. The van der Waals surface area contributed by atoms with Gasteiger partial charge in [-0.2, -0.15) is 0 Å². The van der Waals surface area contributed by atoms with Gasteiger partial charge in [-0.1, -0.05) is 6.92 Å². The second-order valence-corrected chi connectivity index (χ2v) is 3.24. The Bertz CT molecular complexity index is 334. The maximum Gasteiger partial charge on any atom is 0.230 e. The van der Waals surface area contributed by atoms with Gasteiger partial charge in [-0.3, -0.25) is 14.9 Å². The molecule has 6 nitrogen and oxygen atoms in total. The number of aromatic amines is 1. The SMILES string of the molecule is CC([CH]C(=O)Nc1ncc[nH]1)CC(N)=O. The lowest BCUT2D eigenvalue weighted by Crippen LogP contribution is -2.21. The van der Waals surface area contributed by atoms with E-state index < -0.39 is 5.91 Å². The molecule has 0 aliphatic heterocycles.